The van der Waals surface area contributed by atoms with E-state index in [0.29, 0.717) is 18.9 Å². The number of unbranched alkanes of at least 4 members (excludes halogenated alkanes) is 1. The molecular formula is C13H28N2O. The van der Waals surface area contributed by atoms with Crippen LogP contribution in [0.1, 0.15) is 59.3 Å². The van der Waals surface area contributed by atoms with E-state index in [2.05, 4.69) is 26.1 Å². The van der Waals surface area contributed by atoms with Gasteiger partial charge >= 0.3 is 0 Å². The zero-order valence-corrected chi connectivity index (χ0v) is 11.1. The number of nitrogens with one attached hydrogen (secondary N) is 1. The first kappa shape index (κ1) is 15.4. The summed E-state index contributed by atoms with van der Waals surface area (Å²) in [6, 6.07) is 0.168. The van der Waals surface area contributed by atoms with Gasteiger partial charge in [0.05, 0.1) is 0 Å². The van der Waals surface area contributed by atoms with Crippen LogP contribution in [0.4, 0.5) is 0 Å². The molecule has 0 fully saturated rings. The highest BCUT2D eigenvalue weighted by molar-refractivity contribution is 5.76. The molecule has 0 rings (SSSR count). The lowest BCUT2D eigenvalue weighted by atomic mass is 9.99. The normalized spacial score (nSPS) is 12.8. The Morgan fingerprint density at radius 3 is 2.31 bits per heavy atom. The molecule has 0 aromatic carbocycles. The van der Waals surface area contributed by atoms with E-state index in [9.17, 15) is 4.79 Å². The van der Waals surface area contributed by atoms with Crippen molar-refractivity contribution >= 4 is 5.91 Å². The molecule has 3 nitrogen and oxygen atoms in total. The number of carbonyl (C=O) groups excluding carboxylic acids is 1. The van der Waals surface area contributed by atoms with Crippen LogP contribution < -0.4 is 11.1 Å². The Bertz CT molecular complexity index is 179. The predicted octanol–water partition coefficient (Wildman–Crippen LogP) is 2.45. The highest BCUT2D eigenvalue weighted by atomic mass is 16.1. The molecule has 0 spiro atoms. The minimum absolute atomic E-state index is 0.167. The largest absolute Gasteiger partial charge is 0.352 e. The molecule has 0 saturated carbocycles. The number of hydrogen-bond donors (Lipinski definition) is 2. The maximum atomic E-state index is 11.7. The van der Waals surface area contributed by atoms with Crippen LogP contribution in [0.15, 0.2) is 0 Å². The van der Waals surface area contributed by atoms with Gasteiger partial charge in [0.1, 0.15) is 0 Å². The van der Waals surface area contributed by atoms with Crippen LogP contribution in [0, 0.1) is 5.92 Å². The highest BCUT2D eigenvalue weighted by Gasteiger charge is 2.13. The summed E-state index contributed by atoms with van der Waals surface area (Å²) in [6.07, 6.45) is 6.08. The molecule has 0 aliphatic rings. The zero-order valence-electron chi connectivity index (χ0n) is 11.1. The van der Waals surface area contributed by atoms with Gasteiger partial charge < -0.3 is 11.1 Å². The van der Waals surface area contributed by atoms with E-state index >= 15 is 0 Å². The van der Waals surface area contributed by atoms with Crippen molar-refractivity contribution in [3.05, 3.63) is 0 Å². The second-order valence-corrected chi connectivity index (χ2v) is 4.53. The van der Waals surface area contributed by atoms with Crippen molar-refractivity contribution < 1.29 is 4.79 Å². The molecule has 3 N–H and O–H groups in total. The van der Waals surface area contributed by atoms with E-state index in [4.69, 9.17) is 5.73 Å². The van der Waals surface area contributed by atoms with Crippen molar-refractivity contribution in [3.63, 3.8) is 0 Å². The average Bonchev–Trinajstić information content (AvgIpc) is 2.31. The van der Waals surface area contributed by atoms with Crippen molar-refractivity contribution in [2.24, 2.45) is 11.7 Å². The van der Waals surface area contributed by atoms with Gasteiger partial charge in [-0.25, -0.2) is 0 Å². The lowest BCUT2D eigenvalue weighted by Crippen LogP contribution is -2.40. The standard InChI is InChI=1S/C13H28N2O/c1-4-7-8-12(10-14)15-13(16)9-11(5-2)6-3/h11-12H,4-10,14H2,1-3H3,(H,15,16). The molecule has 0 radical (unpaired) electrons. The van der Waals surface area contributed by atoms with Crippen molar-refractivity contribution in [1.29, 1.82) is 0 Å². The van der Waals surface area contributed by atoms with Gasteiger partial charge in [-0.3, -0.25) is 4.79 Å². The molecule has 0 aromatic rings. The van der Waals surface area contributed by atoms with E-state index in [-0.39, 0.29) is 11.9 Å². The minimum atomic E-state index is 0.167. The molecule has 3 heteroatoms. The quantitative estimate of drug-likeness (QED) is 0.637. The average molecular weight is 228 g/mol. The zero-order chi connectivity index (χ0) is 12.4. The molecule has 0 aliphatic heterocycles. The highest BCUT2D eigenvalue weighted by Crippen LogP contribution is 2.12. The molecule has 16 heavy (non-hydrogen) atoms. The van der Waals surface area contributed by atoms with E-state index in [1.54, 1.807) is 0 Å². The predicted molar refractivity (Wildman–Crippen MR) is 69.2 cm³/mol. The summed E-state index contributed by atoms with van der Waals surface area (Å²) in [5.41, 5.74) is 5.64. The molecule has 0 heterocycles. The first-order valence-corrected chi connectivity index (χ1v) is 6.67. The fourth-order valence-corrected chi connectivity index (χ4v) is 1.83. The van der Waals surface area contributed by atoms with Crippen LogP contribution in [0.3, 0.4) is 0 Å². The summed E-state index contributed by atoms with van der Waals surface area (Å²) < 4.78 is 0. The van der Waals surface area contributed by atoms with Crippen LogP contribution in [0.25, 0.3) is 0 Å². The van der Waals surface area contributed by atoms with Crippen molar-refractivity contribution in [3.8, 4) is 0 Å². The summed E-state index contributed by atoms with van der Waals surface area (Å²) in [6.45, 7) is 6.98. The molecular weight excluding hydrogens is 200 g/mol. The Kier molecular flexibility index (Phi) is 9.30. The molecule has 0 aliphatic carbocycles. The summed E-state index contributed by atoms with van der Waals surface area (Å²) in [5.74, 6) is 0.685. The fourth-order valence-electron chi connectivity index (χ4n) is 1.83. The van der Waals surface area contributed by atoms with Crippen LogP contribution >= 0.6 is 0 Å². The smallest absolute Gasteiger partial charge is 0.220 e. The SMILES string of the molecule is CCCCC(CN)NC(=O)CC(CC)CC. The second kappa shape index (κ2) is 9.64. The van der Waals surface area contributed by atoms with Gasteiger partial charge in [-0.05, 0) is 12.3 Å². The molecule has 96 valence electrons. The van der Waals surface area contributed by atoms with Crippen molar-refractivity contribution in [2.75, 3.05) is 6.54 Å². The minimum Gasteiger partial charge on any atom is -0.352 e. The van der Waals surface area contributed by atoms with E-state index in [1.165, 1.54) is 0 Å². The van der Waals surface area contributed by atoms with E-state index < -0.39 is 0 Å². The maximum Gasteiger partial charge on any atom is 0.220 e. The second-order valence-electron chi connectivity index (χ2n) is 4.53. The molecule has 0 aromatic heterocycles. The van der Waals surface area contributed by atoms with Crippen molar-refractivity contribution in [2.45, 2.75) is 65.3 Å². The first-order chi connectivity index (χ1) is 7.67. The molecule has 1 unspecified atom stereocenters. The maximum absolute atomic E-state index is 11.7. The molecule has 0 saturated heterocycles. The lowest BCUT2D eigenvalue weighted by Gasteiger charge is -2.18. The topological polar surface area (TPSA) is 55.1 Å². The summed E-state index contributed by atoms with van der Waals surface area (Å²) >= 11 is 0. The van der Waals surface area contributed by atoms with E-state index in [1.807, 2.05) is 0 Å². The number of nitrogens with two attached hydrogens (primary N) is 1. The van der Waals surface area contributed by atoms with Crippen LogP contribution in [-0.2, 0) is 4.79 Å². The third-order valence-corrected chi connectivity index (χ3v) is 3.18. The van der Waals surface area contributed by atoms with Gasteiger partial charge in [-0.1, -0.05) is 46.5 Å². The van der Waals surface area contributed by atoms with Gasteiger partial charge in [0, 0.05) is 19.0 Å². The molecule has 1 amide bonds. The van der Waals surface area contributed by atoms with Crippen LogP contribution in [0.5, 0.6) is 0 Å². The Morgan fingerprint density at radius 1 is 1.25 bits per heavy atom. The third-order valence-electron chi connectivity index (χ3n) is 3.18. The Morgan fingerprint density at radius 2 is 1.88 bits per heavy atom. The number of carbonyl (C=O) groups is 1. The van der Waals surface area contributed by atoms with Gasteiger partial charge in [0.2, 0.25) is 5.91 Å². The Balaban J connectivity index is 3.89. The van der Waals surface area contributed by atoms with Gasteiger partial charge in [0.25, 0.3) is 0 Å². The van der Waals surface area contributed by atoms with Gasteiger partial charge in [-0.15, -0.1) is 0 Å². The Labute approximate surface area is 100 Å². The van der Waals surface area contributed by atoms with Crippen LogP contribution in [0.2, 0.25) is 0 Å². The molecule has 0 bridgehead atoms. The van der Waals surface area contributed by atoms with E-state index in [0.717, 1.165) is 32.1 Å². The lowest BCUT2D eigenvalue weighted by molar-refractivity contribution is -0.122. The van der Waals surface area contributed by atoms with Crippen molar-refractivity contribution in [1.82, 2.24) is 5.32 Å². The monoisotopic (exact) mass is 228 g/mol. The third kappa shape index (κ3) is 6.83. The number of amides is 1. The summed E-state index contributed by atoms with van der Waals surface area (Å²) in [4.78, 5) is 11.7. The molecule has 1 atom stereocenters. The summed E-state index contributed by atoms with van der Waals surface area (Å²) in [5, 5.41) is 3.04. The number of rotatable bonds is 9. The van der Waals surface area contributed by atoms with Crippen LogP contribution in [-0.4, -0.2) is 18.5 Å². The Hall–Kier alpha value is -0.570. The van der Waals surface area contributed by atoms with Gasteiger partial charge in [-0.2, -0.15) is 0 Å². The fraction of sp³-hybridized carbons (Fsp3) is 0.923. The summed E-state index contributed by atoms with van der Waals surface area (Å²) in [7, 11) is 0. The number of hydrogen-bond acceptors (Lipinski definition) is 2. The van der Waals surface area contributed by atoms with Gasteiger partial charge in [0.15, 0.2) is 0 Å². The first-order valence-electron chi connectivity index (χ1n) is 6.67.